The minimum absolute atomic E-state index is 0.217. The number of nitrogens with one attached hydrogen (secondary N) is 1. The molecule has 1 rings (SSSR count). The summed E-state index contributed by atoms with van der Waals surface area (Å²) in [7, 11) is 1.60. The van der Waals surface area contributed by atoms with Crippen LogP contribution in [0.4, 0.5) is 5.69 Å². The normalized spacial score (nSPS) is 12.3. The molecule has 0 bridgehead atoms. The molecule has 0 aromatic heterocycles. The molecule has 0 saturated carbocycles. The lowest BCUT2D eigenvalue weighted by molar-refractivity contribution is 0.196. The van der Waals surface area contributed by atoms with E-state index in [2.05, 4.69) is 5.32 Å². The largest absolute Gasteiger partial charge is 0.494 e. The van der Waals surface area contributed by atoms with Gasteiger partial charge in [0, 0.05) is 18.1 Å². The van der Waals surface area contributed by atoms with Crippen LogP contribution in [-0.2, 0) is 0 Å². The summed E-state index contributed by atoms with van der Waals surface area (Å²) in [4.78, 5) is 0. The van der Waals surface area contributed by atoms with E-state index >= 15 is 0 Å². The summed E-state index contributed by atoms with van der Waals surface area (Å²) in [5.41, 5.74) is 7.03. The first-order valence-electron chi connectivity index (χ1n) is 5.04. The highest BCUT2D eigenvalue weighted by molar-refractivity contribution is 6.31. The Morgan fingerprint density at radius 1 is 1.56 bits per heavy atom. The topological polar surface area (TPSA) is 67.5 Å². The van der Waals surface area contributed by atoms with Gasteiger partial charge in [0.05, 0.1) is 18.9 Å². The van der Waals surface area contributed by atoms with Crippen LogP contribution in [0, 0.1) is 6.92 Å². The maximum Gasteiger partial charge on any atom is 0.144 e. The van der Waals surface area contributed by atoms with E-state index in [0.29, 0.717) is 11.6 Å². The molecular weight excluding hydrogens is 228 g/mol. The lowest BCUT2D eigenvalue weighted by Gasteiger charge is -2.15. The van der Waals surface area contributed by atoms with Crippen molar-refractivity contribution in [3.63, 3.8) is 0 Å². The number of ether oxygens (including phenoxy) is 1. The molecule has 1 aromatic carbocycles. The van der Waals surface area contributed by atoms with Crippen molar-refractivity contribution in [2.24, 2.45) is 5.73 Å². The van der Waals surface area contributed by atoms with Gasteiger partial charge in [-0.2, -0.15) is 0 Å². The minimum Gasteiger partial charge on any atom is -0.494 e. The number of methoxy groups -OCH3 is 1. The molecule has 0 aliphatic rings. The van der Waals surface area contributed by atoms with Gasteiger partial charge in [-0.3, -0.25) is 0 Å². The van der Waals surface area contributed by atoms with E-state index < -0.39 is 6.10 Å². The summed E-state index contributed by atoms with van der Waals surface area (Å²) in [6, 6.07) is 3.58. The van der Waals surface area contributed by atoms with Crippen molar-refractivity contribution in [2.75, 3.05) is 25.5 Å². The second-order valence-corrected chi connectivity index (χ2v) is 4.01. The van der Waals surface area contributed by atoms with Crippen molar-refractivity contribution in [3.8, 4) is 5.75 Å². The van der Waals surface area contributed by atoms with Gasteiger partial charge in [-0.15, -0.1) is 0 Å². The van der Waals surface area contributed by atoms with Crippen LogP contribution in [0.15, 0.2) is 12.1 Å². The van der Waals surface area contributed by atoms with Gasteiger partial charge in [0.1, 0.15) is 5.75 Å². The number of halogens is 1. The van der Waals surface area contributed by atoms with E-state index in [9.17, 15) is 5.11 Å². The molecule has 1 aromatic rings. The summed E-state index contributed by atoms with van der Waals surface area (Å²) < 4.78 is 5.26. The second kappa shape index (κ2) is 5.94. The highest BCUT2D eigenvalue weighted by Gasteiger charge is 2.09. The Hall–Kier alpha value is -0.970. The summed E-state index contributed by atoms with van der Waals surface area (Å²) in [5, 5.41) is 13.0. The number of hydrogen-bond acceptors (Lipinski definition) is 4. The van der Waals surface area contributed by atoms with Gasteiger partial charge >= 0.3 is 0 Å². The smallest absolute Gasteiger partial charge is 0.144 e. The summed E-state index contributed by atoms with van der Waals surface area (Å²) >= 11 is 5.95. The number of anilines is 1. The predicted molar refractivity (Wildman–Crippen MR) is 66.3 cm³/mol. The number of aryl methyl sites for hydroxylation is 1. The zero-order valence-electron chi connectivity index (χ0n) is 9.46. The fourth-order valence-corrected chi connectivity index (χ4v) is 1.72. The zero-order valence-corrected chi connectivity index (χ0v) is 10.2. The molecule has 0 heterocycles. The van der Waals surface area contributed by atoms with Gasteiger partial charge in [-0.25, -0.2) is 0 Å². The van der Waals surface area contributed by atoms with Crippen molar-refractivity contribution >= 4 is 17.3 Å². The zero-order chi connectivity index (χ0) is 12.1. The Kier molecular flexibility index (Phi) is 4.86. The molecule has 0 saturated heterocycles. The Bertz CT molecular complexity index is 358. The molecular formula is C11H17ClN2O2. The first-order valence-corrected chi connectivity index (χ1v) is 5.42. The SMILES string of the molecule is COc1c(C)cc(Cl)cc1NCC(O)CN. The van der Waals surface area contributed by atoms with Crippen LogP contribution in [-0.4, -0.2) is 31.4 Å². The summed E-state index contributed by atoms with van der Waals surface area (Å²) in [6.45, 7) is 2.50. The molecule has 4 N–H and O–H groups in total. The molecule has 4 nitrogen and oxygen atoms in total. The number of rotatable bonds is 5. The van der Waals surface area contributed by atoms with Crippen molar-refractivity contribution in [1.29, 1.82) is 0 Å². The average Bonchev–Trinajstić information content (AvgIpc) is 2.25. The fraction of sp³-hybridized carbons (Fsp3) is 0.455. The fourth-order valence-electron chi connectivity index (χ4n) is 1.44. The second-order valence-electron chi connectivity index (χ2n) is 3.57. The summed E-state index contributed by atoms with van der Waals surface area (Å²) in [6.07, 6.45) is -0.580. The number of hydrogen-bond donors (Lipinski definition) is 3. The van der Waals surface area contributed by atoms with Crippen LogP contribution in [0.3, 0.4) is 0 Å². The first kappa shape index (κ1) is 13.1. The highest BCUT2D eigenvalue weighted by atomic mass is 35.5. The van der Waals surface area contributed by atoms with Crippen molar-refractivity contribution < 1.29 is 9.84 Å². The Labute approximate surface area is 100 Å². The first-order chi connectivity index (χ1) is 7.58. The summed E-state index contributed by atoms with van der Waals surface area (Å²) in [5.74, 6) is 0.730. The van der Waals surface area contributed by atoms with Gasteiger partial charge in [0.25, 0.3) is 0 Å². The van der Waals surface area contributed by atoms with Gasteiger partial charge in [-0.1, -0.05) is 11.6 Å². The lowest BCUT2D eigenvalue weighted by Crippen LogP contribution is -2.27. The van der Waals surface area contributed by atoms with E-state index in [1.165, 1.54) is 0 Å². The molecule has 0 aliphatic heterocycles. The Morgan fingerprint density at radius 3 is 2.81 bits per heavy atom. The molecule has 16 heavy (non-hydrogen) atoms. The van der Waals surface area contributed by atoms with Crippen LogP contribution in [0.2, 0.25) is 5.02 Å². The van der Waals surface area contributed by atoms with E-state index in [4.69, 9.17) is 22.1 Å². The van der Waals surface area contributed by atoms with Gasteiger partial charge in [-0.05, 0) is 24.6 Å². The number of nitrogens with two attached hydrogens (primary N) is 1. The quantitative estimate of drug-likeness (QED) is 0.732. The van der Waals surface area contributed by atoms with Crippen LogP contribution in [0.1, 0.15) is 5.56 Å². The molecule has 90 valence electrons. The molecule has 5 heteroatoms. The van der Waals surface area contributed by atoms with Gasteiger partial charge < -0.3 is 20.9 Å². The van der Waals surface area contributed by atoms with Crippen LogP contribution >= 0.6 is 11.6 Å². The van der Waals surface area contributed by atoms with Crippen LogP contribution in [0.25, 0.3) is 0 Å². The molecule has 0 amide bonds. The van der Waals surface area contributed by atoms with Crippen molar-refractivity contribution in [1.82, 2.24) is 0 Å². The predicted octanol–water partition coefficient (Wildman–Crippen LogP) is 1.39. The Morgan fingerprint density at radius 2 is 2.25 bits per heavy atom. The lowest BCUT2D eigenvalue weighted by atomic mass is 10.2. The molecule has 0 aliphatic carbocycles. The average molecular weight is 245 g/mol. The third-order valence-corrected chi connectivity index (χ3v) is 2.46. The number of aliphatic hydroxyl groups is 1. The van der Waals surface area contributed by atoms with Crippen LogP contribution < -0.4 is 15.8 Å². The molecule has 0 fully saturated rings. The number of aliphatic hydroxyl groups excluding tert-OH is 1. The van der Waals surface area contributed by atoms with E-state index in [0.717, 1.165) is 17.0 Å². The van der Waals surface area contributed by atoms with Crippen molar-refractivity contribution in [3.05, 3.63) is 22.7 Å². The van der Waals surface area contributed by atoms with E-state index in [1.54, 1.807) is 13.2 Å². The minimum atomic E-state index is -0.580. The molecule has 1 atom stereocenters. The standard InChI is InChI=1S/C11H17ClN2O2/c1-7-3-8(12)4-10(11(7)16-2)14-6-9(15)5-13/h3-4,9,14-15H,5-6,13H2,1-2H3. The Balaban J connectivity index is 2.85. The van der Waals surface area contributed by atoms with Gasteiger partial charge in [0.15, 0.2) is 0 Å². The van der Waals surface area contributed by atoms with E-state index in [1.807, 2.05) is 13.0 Å². The van der Waals surface area contributed by atoms with Crippen molar-refractivity contribution in [2.45, 2.75) is 13.0 Å². The maximum atomic E-state index is 9.36. The maximum absolute atomic E-state index is 9.36. The van der Waals surface area contributed by atoms with Gasteiger partial charge in [0.2, 0.25) is 0 Å². The van der Waals surface area contributed by atoms with Crippen LogP contribution in [0.5, 0.6) is 5.75 Å². The highest BCUT2D eigenvalue weighted by Crippen LogP contribution is 2.31. The van der Waals surface area contributed by atoms with E-state index in [-0.39, 0.29) is 6.54 Å². The monoisotopic (exact) mass is 244 g/mol. The molecule has 0 spiro atoms. The third-order valence-electron chi connectivity index (χ3n) is 2.24. The third kappa shape index (κ3) is 3.27. The molecule has 1 unspecified atom stereocenters. The molecule has 0 radical (unpaired) electrons. The number of benzene rings is 1.